The number of amides is 1. The van der Waals surface area contributed by atoms with E-state index in [0.29, 0.717) is 11.5 Å². The van der Waals surface area contributed by atoms with Crippen LogP contribution in [0.25, 0.3) is 0 Å². The zero-order valence-corrected chi connectivity index (χ0v) is 11.1. The molecule has 1 aliphatic rings. The fraction of sp³-hybridized carbons (Fsp3) is 0.667. The van der Waals surface area contributed by atoms with Crippen LogP contribution in [0.3, 0.4) is 0 Å². The first-order valence-electron chi connectivity index (χ1n) is 5.36. The number of hydrogen-bond donors (Lipinski definition) is 2. The molecule has 0 atom stereocenters. The summed E-state index contributed by atoms with van der Waals surface area (Å²) in [7, 11) is -4.01. The van der Waals surface area contributed by atoms with E-state index in [4.69, 9.17) is 18.9 Å². The SMILES string of the molecule is CC1=C(COC(=O)NCCCS(=O)(=O)O)OCOO1. The molecule has 0 bridgehead atoms. The first kappa shape index (κ1) is 15.5. The van der Waals surface area contributed by atoms with Gasteiger partial charge < -0.3 is 19.7 Å². The van der Waals surface area contributed by atoms with Gasteiger partial charge in [-0.1, -0.05) is 0 Å². The number of alkyl carbamates (subject to hydrolysis) is 1. The molecule has 0 aromatic heterocycles. The molecule has 0 fully saturated rings. The molecule has 0 aliphatic carbocycles. The topological polar surface area (TPSA) is 120 Å². The predicted molar refractivity (Wildman–Crippen MR) is 61.2 cm³/mol. The molecule has 0 radical (unpaired) electrons. The minimum atomic E-state index is -4.01. The zero-order chi connectivity index (χ0) is 14.3. The van der Waals surface area contributed by atoms with Crippen LogP contribution in [0.1, 0.15) is 13.3 Å². The van der Waals surface area contributed by atoms with Gasteiger partial charge in [-0.15, -0.1) is 4.89 Å². The Morgan fingerprint density at radius 1 is 1.53 bits per heavy atom. The minimum absolute atomic E-state index is 0.0666. The van der Waals surface area contributed by atoms with Crippen molar-refractivity contribution in [3.05, 3.63) is 11.5 Å². The summed E-state index contributed by atoms with van der Waals surface area (Å²) in [5, 5.41) is 2.32. The van der Waals surface area contributed by atoms with Gasteiger partial charge in [-0.3, -0.25) is 4.55 Å². The van der Waals surface area contributed by atoms with Gasteiger partial charge in [0.1, 0.15) is 0 Å². The van der Waals surface area contributed by atoms with Crippen LogP contribution in [0, 0.1) is 0 Å². The number of hydrogen-bond acceptors (Lipinski definition) is 7. The van der Waals surface area contributed by atoms with Crippen LogP contribution >= 0.6 is 0 Å². The molecule has 1 amide bonds. The van der Waals surface area contributed by atoms with E-state index in [2.05, 4.69) is 10.2 Å². The zero-order valence-electron chi connectivity index (χ0n) is 10.2. The molecule has 1 rings (SSSR count). The number of ether oxygens (including phenoxy) is 2. The maximum atomic E-state index is 11.2. The van der Waals surface area contributed by atoms with Gasteiger partial charge in [0.25, 0.3) is 10.1 Å². The van der Waals surface area contributed by atoms with E-state index >= 15 is 0 Å². The lowest BCUT2D eigenvalue weighted by atomic mass is 10.4. The van der Waals surface area contributed by atoms with Gasteiger partial charge in [0.15, 0.2) is 18.1 Å². The molecule has 0 saturated carbocycles. The number of nitrogens with one attached hydrogen (secondary N) is 1. The Hall–Kier alpha value is -1.52. The maximum absolute atomic E-state index is 11.2. The smallest absolute Gasteiger partial charge is 0.407 e. The van der Waals surface area contributed by atoms with Crippen molar-refractivity contribution in [2.75, 3.05) is 25.7 Å². The third-order valence-electron chi connectivity index (χ3n) is 2.04. The summed E-state index contributed by atoms with van der Waals surface area (Å²) in [6, 6.07) is 0. The number of rotatable bonds is 6. The Bertz CT molecular complexity index is 443. The molecule has 0 saturated heterocycles. The Labute approximate surface area is 110 Å². The predicted octanol–water partition coefficient (Wildman–Crippen LogP) is 0.158. The van der Waals surface area contributed by atoms with Crippen LogP contribution < -0.4 is 5.32 Å². The molecular weight excluding hydrogens is 282 g/mol. The van der Waals surface area contributed by atoms with Crippen molar-refractivity contribution in [1.82, 2.24) is 5.32 Å². The lowest BCUT2D eigenvalue weighted by Gasteiger charge is -2.18. The van der Waals surface area contributed by atoms with Crippen LogP contribution in [0.2, 0.25) is 0 Å². The minimum Gasteiger partial charge on any atom is -0.461 e. The Kier molecular flexibility index (Phi) is 5.86. The van der Waals surface area contributed by atoms with Crippen molar-refractivity contribution in [3.63, 3.8) is 0 Å². The average Bonchev–Trinajstić information content (AvgIpc) is 2.32. The summed E-state index contributed by atoms with van der Waals surface area (Å²) >= 11 is 0. The van der Waals surface area contributed by atoms with Crippen molar-refractivity contribution in [3.8, 4) is 0 Å². The average molecular weight is 297 g/mol. The summed E-state index contributed by atoms with van der Waals surface area (Å²) in [6.45, 7) is 1.43. The molecular formula is C9H15NO8S. The van der Waals surface area contributed by atoms with Gasteiger partial charge in [-0.25, -0.2) is 4.79 Å². The van der Waals surface area contributed by atoms with E-state index in [0.717, 1.165) is 0 Å². The van der Waals surface area contributed by atoms with Gasteiger partial charge in [0, 0.05) is 13.5 Å². The summed E-state index contributed by atoms with van der Waals surface area (Å²) in [4.78, 5) is 20.4. The highest BCUT2D eigenvalue weighted by atomic mass is 32.2. The second-order valence-electron chi connectivity index (χ2n) is 3.59. The van der Waals surface area contributed by atoms with Crippen molar-refractivity contribution in [1.29, 1.82) is 0 Å². The first-order valence-corrected chi connectivity index (χ1v) is 6.97. The summed E-state index contributed by atoms with van der Waals surface area (Å²) < 4.78 is 39.1. The number of allylic oxidation sites excluding steroid dienone is 1. The quantitative estimate of drug-likeness (QED) is 0.404. The van der Waals surface area contributed by atoms with Gasteiger partial charge in [0.05, 0.1) is 5.75 Å². The molecule has 110 valence electrons. The molecule has 1 heterocycles. The van der Waals surface area contributed by atoms with Crippen LogP contribution in [-0.2, 0) is 29.4 Å². The molecule has 0 aromatic carbocycles. The van der Waals surface area contributed by atoms with E-state index in [1.807, 2.05) is 0 Å². The Balaban J connectivity index is 2.18. The van der Waals surface area contributed by atoms with E-state index in [9.17, 15) is 13.2 Å². The monoisotopic (exact) mass is 297 g/mol. The highest BCUT2D eigenvalue weighted by Gasteiger charge is 2.15. The van der Waals surface area contributed by atoms with Crippen LogP contribution in [0.4, 0.5) is 4.79 Å². The van der Waals surface area contributed by atoms with Crippen LogP contribution in [0.5, 0.6) is 0 Å². The van der Waals surface area contributed by atoms with E-state index in [1.54, 1.807) is 6.92 Å². The van der Waals surface area contributed by atoms with Crippen LogP contribution in [0.15, 0.2) is 11.5 Å². The summed E-state index contributed by atoms with van der Waals surface area (Å²) in [5.41, 5.74) is 0. The van der Waals surface area contributed by atoms with Crippen molar-refractivity contribution >= 4 is 16.2 Å². The molecule has 9 nitrogen and oxygen atoms in total. The molecule has 0 unspecified atom stereocenters. The summed E-state index contributed by atoms with van der Waals surface area (Å²) in [5.74, 6) is 0.260. The Morgan fingerprint density at radius 2 is 2.26 bits per heavy atom. The molecule has 2 N–H and O–H groups in total. The number of carbonyl (C=O) groups excluding carboxylic acids is 1. The lowest BCUT2D eigenvalue weighted by molar-refractivity contribution is -0.326. The lowest BCUT2D eigenvalue weighted by Crippen LogP contribution is -2.28. The number of carbonyl (C=O) groups is 1. The third kappa shape index (κ3) is 6.84. The van der Waals surface area contributed by atoms with Crippen LogP contribution in [-0.4, -0.2) is 44.8 Å². The molecule has 10 heteroatoms. The molecule has 19 heavy (non-hydrogen) atoms. The van der Waals surface area contributed by atoms with Crippen molar-refractivity contribution in [2.45, 2.75) is 13.3 Å². The van der Waals surface area contributed by atoms with Crippen molar-refractivity contribution < 1.29 is 37.0 Å². The highest BCUT2D eigenvalue weighted by Crippen LogP contribution is 2.13. The van der Waals surface area contributed by atoms with Crippen molar-refractivity contribution in [2.24, 2.45) is 0 Å². The van der Waals surface area contributed by atoms with E-state index < -0.39 is 22.0 Å². The third-order valence-corrected chi connectivity index (χ3v) is 2.85. The largest absolute Gasteiger partial charge is 0.461 e. The maximum Gasteiger partial charge on any atom is 0.407 e. The Morgan fingerprint density at radius 3 is 2.89 bits per heavy atom. The second kappa shape index (κ2) is 7.16. The van der Waals surface area contributed by atoms with E-state index in [1.165, 1.54) is 0 Å². The highest BCUT2D eigenvalue weighted by molar-refractivity contribution is 7.85. The fourth-order valence-electron chi connectivity index (χ4n) is 1.13. The second-order valence-corrected chi connectivity index (χ2v) is 5.16. The fourth-order valence-corrected chi connectivity index (χ4v) is 1.64. The van der Waals surface area contributed by atoms with Gasteiger partial charge in [-0.05, 0) is 6.42 Å². The molecule has 0 spiro atoms. The molecule has 0 aromatic rings. The van der Waals surface area contributed by atoms with Gasteiger partial charge in [0.2, 0.25) is 6.79 Å². The molecule has 1 aliphatic heterocycles. The van der Waals surface area contributed by atoms with Gasteiger partial charge in [-0.2, -0.15) is 8.42 Å². The first-order chi connectivity index (χ1) is 8.88. The van der Waals surface area contributed by atoms with E-state index in [-0.39, 0.29) is 26.4 Å². The normalized spacial score (nSPS) is 15.5. The summed E-state index contributed by atoms with van der Waals surface area (Å²) in [6.07, 6.45) is -0.644. The standard InChI is InChI=1S/C9H15NO8S/c1-7-8(16-6-17-18-7)5-15-9(11)10-3-2-4-19(12,13)14/h2-6H2,1H3,(H,10,11)(H,12,13,14). The van der Waals surface area contributed by atoms with Gasteiger partial charge >= 0.3 is 6.09 Å².